The summed E-state index contributed by atoms with van der Waals surface area (Å²) in [4.78, 5) is 5.29. The maximum atomic E-state index is 5.39. The Morgan fingerprint density at radius 1 is 1.50 bits per heavy atom. The lowest BCUT2D eigenvalue weighted by Gasteiger charge is -2.07. The van der Waals surface area contributed by atoms with Gasteiger partial charge < -0.3 is 4.74 Å². The van der Waals surface area contributed by atoms with Crippen LogP contribution in [-0.4, -0.2) is 11.1 Å². The van der Waals surface area contributed by atoms with Crippen molar-refractivity contribution in [1.29, 1.82) is 0 Å². The predicted octanol–water partition coefficient (Wildman–Crippen LogP) is 3.31. The van der Waals surface area contributed by atoms with Gasteiger partial charge in [-0.2, -0.15) is 0 Å². The fourth-order valence-corrected chi connectivity index (χ4v) is 1.72. The van der Waals surface area contributed by atoms with Crippen molar-refractivity contribution in [1.82, 2.24) is 4.98 Å². The van der Waals surface area contributed by atoms with Crippen molar-refractivity contribution in [2.75, 3.05) is 0 Å². The van der Waals surface area contributed by atoms with E-state index in [4.69, 9.17) is 4.74 Å². The smallest absolute Gasteiger partial charge is 0.213 e. The summed E-state index contributed by atoms with van der Waals surface area (Å²) in [6.45, 7) is 3.98. The van der Waals surface area contributed by atoms with E-state index in [2.05, 4.69) is 26.2 Å². The molecule has 66 valence electrons. The second-order valence-corrected chi connectivity index (χ2v) is 4.52. The van der Waals surface area contributed by atoms with Gasteiger partial charge in [0.2, 0.25) is 5.88 Å². The molecule has 0 amide bonds. The van der Waals surface area contributed by atoms with Gasteiger partial charge in [-0.3, -0.25) is 0 Å². The van der Waals surface area contributed by atoms with Crippen LogP contribution in [0.25, 0.3) is 0 Å². The number of ether oxygens (including phenoxy) is 1. The summed E-state index contributed by atoms with van der Waals surface area (Å²) in [6, 6.07) is 3.89. The number of aromatic nitrogens is 1. The standard InChI is InChI=1S/C8H10INOS/c1-6(2)11-8-4-3-7(12-9)5-10-8/h3-6H,1-2H3. The Balaban J connectivity index is 2.65. The van der Waals surface area contributed by atoms with Crippen LogP contribution in [-0.2, 0) is 0 Å². The van der Waals surface area contributed by atoms with E-state index in [1.54, 1.807) is 8.93 Å². The highest BCUT2D eigenvalue weighted by atomic mass is 127. The summed E-state index contributed by atoms with van der Waals surface area (Å²) in [5, 5.41) is 0. The summed E-state index contributed by atoms with van der Waals surface area (Å²) >= 11 is 2.23. The third kappa shape index (κ3) is 3.18. The van der Waals surface area contributed by atoms with Crippen LogP contribution in [0.2, 0.25) is 0 Å². The normalized spacial score (nSPS) is 10.3. The predicted molar refractivity (Wildman–Crippen MR) is 59.9 cm³/mol. The van der Waals surface area contributed by atoms with Crippen LogP contribution in [0, 0.1) is 0 Å². The van der Waals surface area contributed by atoms with E-state index in [9.17, 15) is 0 Å². The van der Waals surface area contributed by atoms with Crippen LogP contribution < -0.4 is 4.74 Å². The van der Waals surface area contributed by atoms with Crippen LogP contribution in [0.4, 0.5) is 0 Å². The minimum absolute atomic E-state index is 0.190. The van der Waals surface area contributed by atoms with Gasteiger partial charge in [-0.1, -0.05) is 8.93 Å². The minimum Gasteiger partial charge on any atom is -0.475 e. The molecule has 1 aromatic heterocycles. The molecule has 1 rings (SSSR count). The number of hydrogen-bond acceptors (Lipinski definition) is 3. The van der Waals surface area contributed by atoms with E-state index >= 15 is 0 Å². The molecule has 0 bridgehead atoms. The lowest BCUT2D eigenvalue weighted by atomic mass is 10.4. The van der Waals surface area contributed by atoms with Crippen molar-refractivity contribution in [2.24, 2.45) is 0 Å². The SMILES string of the molecule is CC(C)Oc1ccc(SI)cn1. The highest BCUT2D eigenvalue weighted by Gasteiger charge is 1.98. The van der Waals surface area contributed by atoms with Gasteiger partial charge in [0.1, 0.15) is 0 Å². The molecule has 0 saturated heterocycles. The van der Waals surface area contributed by atoms with Crippen molar-refractivity contribution in [3.8, 4) is 5.88 Å². The molecule has 2 nitrogen and oxygen atoms in total. The third-order valence-electron chi connectivity index (χ3n) is 1.15. The van der Waals surface area contributed by atoms with E-state index in [1.807, 2.05) is 32.2 Å². The molecular weight excluding hydrogens is 285 g/mol. The van der Waals surface area contributed by atoms with Crippen molar-refractivity contribution >= 4 is 30.1 Å². The van der Waals surface area contributed by atoms with Gasteiger partial charge >= 0.3 is 0 Å². The molecule has 1 aromatic rings. The molecule has 0 atom stereocenters. The molecule has 0 saturated carbocycles. The molecule has 1 heterocycles. The molecule has 0 aliphatic rings. The zero-order valence-corrected chi connectivity index (χ0v) is 9.93. The van der Waals surface area contributed by atoms with Gasteiger partial charge in [0.15, 0.2) is 0 Å². The minimum atomic E-state index is 0.190. The third-order valence-corrected chi connectivity index (χ3v) is 3.10. The maximum Gasteiger partial charge on any atom is 0.213 e. The van der Waals surface area contributed by atoms with Gasteiger partial charge in [-0.25, -0.2) is 4.98 Å². The Bertz CT molecular complexity index is 237. The van der Waals surface area contributed by atoms with Gasteiger partial charge in [0.05, 0.1) is 6.10 Å². The molecule has 0 aromatic carbocycles. The Labute approximate surface area is 88.7 Å². The number of hydrogen-bond donors (Lipinski definition) is 0. The monoisotopic (exact) mass is 295 g/mol. The topological polar surface area (TPSA) is 22.1 Å². The Morgan fingerprint density at radius 2 is 2.25 bits per heavy atom. The van der Waals surface area contributed by atoms with Crippen LogP contribution in [0.5, 0.6) is 5.88 Å². The highest BCUT2D eigenvalue weighted by Crippen LogP contribution is 2.25. The molecule has 0 aliphatic heterocycles. The molecule has 0 spiro atoms. The number of rotatable bonds is 3. The average molecular weight is 295 g/mol. The summed E-state index contributed by atoms with van der Waals surface area (Å²) in [5.74, 6) is 0.694. The van der Waals surface area contributed by atoms with E-state index in [0.717, 1.165) is 4.90 Å². The summed E-state index contributed by atoms with van der Waals surface area (Å²) < 4.78 is 5.39. The van der Waals surface area contributed by atoms with Gasteiger partial charge in [0, 0.05) is 38.4 Å². The zero-order valence-electron chi connectivity index (χ0n) is 6.95. The molecule has 0 fully saturated rings. The lowest BCUT2D eigenvalue weighted by Crippen LogP contribution is -2.06. The van der Waals surface area contributed by atoms with Gasteiger partial charge in [-0.15, -0.1) is 0 Å². The second kappa shape index (κ2) is 4.91. The van der Waals surface area contributed by atoms with Crippen molar-refractivity contribution < 1.29 is 4.74 Å². The molecule has 4 heteroatoms. The molecule has 12 heavy (non-hydrogen) atoms. The van der Waals surface area contributed by atoms with E-state index in [0.29, 0.717) is 5.88 Å². The Kier molecular flexibility index (Phi) is 4.14. The maximum absolute atomic E-state index is 5.39. The van der Waals surface area contributed by atoms with Gasteiger partial charge in [0.25, 0.3) is 0 Å². The summed E-state index contributed by atoms with van der Waals surface area (Å²) in [7, 11) is 1.65. The quantitative estimate of drug-likeness (QED) is 0.799. The fraction of sp³-hybridized carbons (Fsp3) is 0.375. The molecule has 0 N–H and O–H groups in total. The van der Waals surface area contributed by atoms with Crippen molar-refractivity contribution in [2.45, 2.75) is 24.8 Å². The molecule has 0 radical (unpaired) electrons. The largest absolute Gasteiger partial charge is 0.475 e. The first-order valence-electron chi connectivity index (χ1n) is 3.63. The Morgan fingerprint density at radius 3 is 2.67 bits per heavy atom. The summed E-state index contributed by atoms with van der Waals surface area (Å²) in [5.41, 5.74) is 0. The van der Waals surface area contributed by atoms with Crippen LogP contribution >= 0.6 is 30.1 Å². The highest BCUT2D eigenvalue weighted by molar-refractivity contribution is 14.2. The van der Waals surface area contributed by atoms with Crippen LogP contribution in [0.1, 0.15) is 13.8 Å². The molecule has 0 aliphatic carbocycles. The van der Waals surface area contributed by atoms with E-state index in [1.165, 1.54) is 0 Å². The zero-order chi connectivity index (χ0) is 8.97. The van der Waals surface area contributed by atoms with E-state index in [-0.39, 0.29) is 6.10 Å². The first-order valence-corrected chi connectivity index (χ1v) is 6.99. The number of pyridine rings is 1. The van der Waals surface area contributed by atoms with Crippen molar-refractivity contribution in [3.05, 3.63) is 18.3 Å². The van der Waals surface area contributed by atoms with Crippen LogP contribution in [0.15, 0.2) is 23.2 Å². The van der Waals surface area contributed by atoms with Crippen LogP contribution in [0.3, 0.4) is 0 Å². The number of halogens is 1. The number of nitrogens with zero attached hydrogens (tertiary/aromatic N) is 1. The second-order valence-electron chi connectivity index (χ2n) is 2.58. The summed E-state index contributed by atoms with van der Waals surface area (Å²) in [6.07, 6.45) is 2.00. The fourth-order valence-electron chi connectivity index (χ4n) is 0.724. The lowest BCUT2D eigenvalue weighted by molar-refractivity contribution is 0.232. The first kappa shape index (κ1) is 10.1. The molecular formula is C8H10INOS. The first-order chi connectivity index (χ1) is 5.72. The molecule has 0 unspecified atom stereocenters. The van der Waals surface area contributed by atoms with Gasteiger partial charge in [-0.05, 0) is 19.9 Å². The van der Waals surface area contributed by atoms with E-state index < -0.39 is 0 Å². The Hall–Kier alpha value is 0.0300. The average Bonchev–Trinajstić information content (AvgIpc) is 2.05. The van der Waals surface area contributed by atoms with Crippen molar-refractivity contribution in [3.63, 3.8) is 0 Å².